The number of hydrogen-bond donors (Lipinski definition) is 2. The highest BCUT2D eigenvalue weighted by atomic mass is 79.9. The van der Waals surface area contributed by atoms with E-state index in [1.165, 1.54) is 0 Å². The van der Waals surface area contributed by atoms with Crippen molar-refractivity contribution in [3.8, 4) is 17.3 Å². The zero-order chi connectivity index (χ0) is 11.7. The molecule has 0 amide bonds. The monoisotopic (exact) mass is 300 g/mol. The van der Waals surface area contributed by atoms with Crippen molar-refractivity contribution in [1.29, 1.82) is 0 Å². The molecule has 0 aliphatic rings. The average molecular weight is 302 g/mol. The van der Waals surface area contributed by atoms with Crippen LogP contribution >= 0.6 is 27.5 Å². The van der Waals surface area contributed by atoms with Gasteiger partial charge in [0.15, 0.2) is 0 Å². The highest BCUT2D eigenvalue weighted by Crippen LogP contribution is 2.27. The Bertz CT molecular complexity index is 598. The van der Waals surface area contributed by atoms with Crippen LogP contribution in [0.1, 0.15) is 0 Å². The SMILES string of the molecule is O=c1cc(O)nc(-c2ccc(Br)c(Cl)c2)[nH]1. The summed E-state index contributed by atoms with van der Waals surface area (Å²) in [5, 5.41) is 9.71. The van der Waals surface area contributed by atoms with Gasteiger partial charge in [-0.15, -0.1) is 0 Å². The third-order valence-electron chi connectivity index (χ3n) is 1.92. The van der Waals surface area contributed by atoms with E-state index in [4.69, 9.17) is 11.6 Å². The van der Waals surface area contributed by atoms with Crippen LogP contribution < -0.4 is 5.56 Å². The summed E-state index contributed by atoms with van der Waals surface area (Å²) in [6.07, 6.45) is 0. The van der Waals surface area contributed by atoms with Crippen LogP contribution in [0.15, 0.2) is 33.5 Å². The van der Waals surface area contributed by atoms with Gasteiger partial charge in [-0.05, 0) is 28.1 Å². The molecule has 2 N–H and O–H groups in total. The maximum Gasteiger partial charge on any atom is 0.254 e. The van der Waals surface area contributed by atoms with Gasteiger partial charge in [0.1, 0.15) is 5.82 Å². The second kappa shape index (κ2) is 4.27. The van der Waals surface area contributed by atoms with Crippen LogP contribution in [0.5, 0.6) is 5.88 Å². The molecule has 1 aromatic carbocycles. The Morgan fingerprint density at radius 1 is 1.38 bits per heavy atom. The predicted octanol–water partition coefficient (Wildman–Crippen LogP) is 2.56. The average Bonchev–Trinajstić information content (AvgIpc) is 2.20. The smallest absolute Gasteiger partial charge is 0.254 e. The van der Waals surface area contributed by atoms with E-state index in [1.54, 1.807) is 18.2 Å². The van der Waals surface area contributed by atoms with E-state index < -0.39 is 5.56 Å². The summed E-state index contributed by atoms with van der Waals surface area (Å²) < 4.78 is 0.750. The number of aromatic amines is 1. The minimum absolute atomic E-state index is 0.277. The highest BCUT2D eigenvalue weighted by molar-refractivity contribution is 9.10. The minimum Gasteiger partial charge on any atom is -0.493 e. The summed E-state index contributed by atoms with van der Waals surface area (Å²) in [6, 6.07) is 6.11. The number of H-pyrrole nitrogens is 1. The van der Waals surface area contributed by atoms with Crippen LogP contribution in [0, 0.1) is 0 Å². The van der Waals surface area contributed by atoms with Crippen molar-refractivity contribution in [3.63, 3.8) is 0 Å². The molecule has 2 rings (SSSR count). The van der Waals surface area contributed by atoms with E-state index >= 15 is 0 Å². The highest BCUT2D eigenvalue weighted by Gasteiger charge is 2.05. The number of nitrogens with zero attached hydrogens (tertiary/aromatic N) is 1. The minimum atomic E-state index is -0.415. The molecule has 2 aromatic rings. The lowest BCUT2D eigenvalue weighted by molar-refractivity contribution is 0.452. The summed E-state index contributed by atoms with van der Waals surface area (Å²) >= 11 is 9.17. The molecule has 16 heavy (non-hydrogen) atoms. The zero-order valence-corrected chi connectivity index (χ0v) is 10.2. The van der Waals surface area contributed by atoms with Crippen molar-refractivity contribution in [2.45, 2.75) is 0 Å². The van der Waals surface area contributed by atoms with Gasteiger partial charge >= 0.3 is 0 Å². The van der Waals surface area contributed by atoms with E-state index in [2.05, 4.69) is 25.9 Å². The maximum absolute atomic E-state index is 11.1. The fraction of sp³-hybridized carbons (Fsp3) is 0. The first-order valence-corrected chi connectivity index (χ1v) is 5.49. The standard InChI is InChI=1S/C10H6BrClN2O2/c11-6-2-1-5(3-7(6)12)10-13-8(15)4-9(16)14-10/h1-4H,(H2,13,14,15,16). The lowest BCUT2D eigenvalue weighted by Crippen LogP contribution is -2.06. The van der Waals surface area contributed by atoms with E-state index in [1.807, 2.05) is 0 Å². The van der Waals surface area contributed by atoms with Gasteiger partial charge in [-0.25, -0.2) is 0 Å². The molecule has 1 heterocycles. The van der Waals surface area contributed by atoms with Gasteiger partial charge in [-0.2, -0.15) is 4.98 Å². The van der Waals surface area contributed by atoms with Crippen molar-refractivity contribution in [2.75, 3.05) is 0 Å². The van der Waals surface area contributed by atoms with Gasteiger partial charge in [0.05, 0.1) is 11.1 Å². The fourth-order valence-electron chi connectivity index (χ4n) is 1.22. The van der Waals surface area contributed by atoms with Crippen LogP contribution in [0.2, 0.25) is 5.02 Å². The number of aromatic nitrogens is 2. The Labute approximate surface area is 104 Å². The number of aromatic hydroxyl groups is 1. The summed E-state index contributed by atoms with van der Waals surface area (Å²) in [7, 11) is 0. The number of halogens is 2. The van der Waals surface area contributed by atoms with Gasteiger partial charge in [0.2, 0.25) is 5.88 Å². The van der Waals surface area contributed by atoms with Crippen LogP contribution in [0.4, 0.5) is 0 Å². The topological polar surface area (TPSA) is 66.0 Å². The van der Waals surface area contributed by atoms with E-state index in [0.717, 1.165) is 10.5 Å². The summed E-state index contributed by atoms with van der Waals surface area (Å²) in [4.78, 5) is 17.5. The molecular formula is C10H6BrClN2O2. The molecule has 0 atom stereocenters. The Hall–Kier alpha value is -1.33. The molecule has 1 aromatic heterocycles. The molecule has 0 aliphatic heterocycles. The fourth-order valence-corrected chi connectivity index (χ4v) is 1.65. The molecule has 82 valence electrons. The van der Waals surface area contributed by atoms with Crippen molar-refractivity contribution >= 4 is 27.5 Å². The lowest BCUT2D eigenvalue weighted by atomic mass is 10.2. The van der Waals surface area contributed by atoms with Gasteiger partial charge in [-0.3, -0.25) is 4.79 Å². The molecule has 0 saturated heterocycles. The third kappa shape index (κ3) is 2.25. The van der Waals surface area contributed by atoms with E-state index in [9.17, 15) is 9.90 Å². The summed E-state index contributed by atoms with van der Waals surface area (Å²) in [5.74, 6) is -0.0443. The first-order valence-electron chi connectivity index (χ1n) is 4.32. The summed E-state index contributed by atoms with van der Waals surface area (Å²) in [5.41, 5.74) is 0.211. The first kappa shape index (κ1) is 11.2. The predicted molar refractivity (Wildman–Crippen MR) is 64.7 cm³/mol. The molecule has 0 bridgehead atoms. The summed E-state index contributed by atoms with van der Waals surface area (Å²) in [6.45, 7) is 0. The van der Waals surface area contributed by atoms with Gasteiger partial charge in [0.25, 0.3) is 5.56 Å². The van der Waals surface area contributed by atoms with Crippen LogP contribution in [-0.2, 0) is 0 Å². The number of nitrogens with one attached hydrogen (secondary N) is 1. The molecule has 0 unspecified atom stereocenters. The Balaban J connectivity index is 2.58. The first-order chi connectivity index (χ1) is 7.56. The number of benzene rings is 1. The van der Waals surface area contributed by atoms with Crippen molar-refractivity contribution < 1.29 is 5.11 Å². The second-order valence-electron chi connectivity index (χ2n) is 3.08. The number of rotatable bonds is 1. The molecule has 0 aliphatic carbocycles. The molecule has 0 fully saturated rings. The van der Waals surface area contributed by atoms with Crippen LogP contribution in [0.25, 0.3) is 11.4 Å². The zero-order valence-electron chi connectivity index (χ0n) is 7.87. The van der Waals surface area contributed by atoms with Crippen LogP contribution in [-0.4, -0.2) is 15.1 Å². The van der Waals surface area contributed by atoms with Crippen molar-refractivity contribution in [2.24, 2.45) is 0 Å². The second-order valence-corrected chi connectivity index (χ2v) is 4.34. The largest absolute Gasteiger partial charge is 0.493 e. The molecule has 0 radical (unpaired) electrons. The van der Waals surface area contributed by atoms with E-state index in [-0.39, 0.29) is 11.7 Å². The van der Waals surface area contributed by atoms with Gasteiger partial charge in [-0.1, -0.05) is 17.7 Å². The molecule has 0 spiro atoms. The normalized spacial score (nSPS) is 10.4. The molecule has 6 heteroatoms. The van der Waals surface area contributed by atoms with Crippen LogP contribution in [0.3, 0.4) is 0 Å². The van der Waals surface area contributed by atoms with Crippen molar-refractivity contribution in [3.05, 3.63) is 44.1 Å². The van der Waals surface area contributed by atoms with Gasteiger partial charge in [0, 0.05) is 10.0 Å². The quantitative estimate of drug-likeness (QED) is 0.850. The molecule has 4 nitrogen and oxygen atoms in total. The Morgan fingerprint density at radius 2 is 2.12 bits per heavy atom. The lowest BCUT2D eigenvalue weighted by Gasteiger charge is -2.02. The Morgan fingerprint density at radius 3 is 2.75 bits per heavy atom. The third-order valence-corrected chi connectivity index (χ3v) is 3.15. The molecular weight excluding hydrogens is 295 g/mol. The van der Waals surface area contributed by atoms with Crippen molar-refractivity contribution in [1.82, 2.24) is 9.97 Å². The maximum atomic E-state index is 11.1. The molecule has 0 saturated carbocycles. The Kier molecular flexibility index (Phi) is 2.98. The van der Waals surface area contributed by atoms with E-state index in [0.29, 0.717) is 10.6 Å². The number of hydrogen-bond acceptors (Lipinski definition) is 3. The van der Waals surface area contributed by atoms with Gasteiger partial charge < -0.3 is 10.1 Å².